The van der Waals surface area contributed by atoms with Crippen LogP contribution in [0.1, 0.15) is 51.9 Å². The number of aliphatic hydroxyl groups is 1. The van der Waals surface area contributed by atoms with E-state index < -0.39 is 0 Å². The Morgan fingerprint density at radius 1 is 1.54 bits per heavy atom. The lowest BCUT2D eigenvalue weighted by Gasteiger charge is -2.16. The quantitative estimate of drug-likeness (QED) is 0.666. The maximum atomic E-state index is 11.0. The summed E-state index contributed by atoms with van der Waals surface area (Å²) in [5.41, 5.74) is 0. The maximum absolute atomic E-state index is 11.0. The van der Waals surface area contributed by atoms with Crippen LogP contribution in [0.2, 0.25) is 0 Å². The van der Waals surface area contributed by atoms with Crippen molar-refractivity contribution < 1.29 is 9.90 Å². The Kier molecular flexibility index (Phi) is 4.43. The van der Waals surface area contributed by atoms with Gasteiger partial charge in [0.1, 0.15) is 5.78 Å². The molecule has 0 aliphatic heterocycles. The van der Waals surface area contributed by atoms with E-state index in [-0.39, 0.29) is 12.0 Å². The second-order valence-electron chi connectivity index (χ2n) is 4.10. The molecule has 0 aromatic carbocycles. The van der Waals surface area contributed by atoms with Gasteiger partial charge in [0, 0.05) is 12.8 Å². The molecule has 0 aromatic rings. The largest absolute Gasteiger partial charge is 0.393 e. The van der Waals surface area contributed by atoms with Crippen molar-refractivity contribution in [2.24, 2.45) is 5.92 Å². The van der Waals surface area contributed by atoms with E-state index in [2.05, 4.69) is 6.92 Å². The molecular weight excluding hydrogens is 164 g/mol. The van der Waals surface area contributed by atoms with Crippen LogP contribution in [-0.2, 0) is 4.79 Å². The molecule has 1 aliphatic carbocycles. The van der Waals surface area contributed by atoms with Crippen LogP contribution in [0, 0.1) is 5.92 Å². The summed E-state index contributed by atoms with van der Waals surface area (Å²) < 4.78 is 0. The van der Waals surface area contributed by atoms with Gasteiger partial charge in [0.25, 0.3) is 0 Å². The maximum Gasteiger partial charge on any atom is 0.133 e. The zero-order chi connectivity index (χ0) is 9.68. The van der Waals surface area contributed by atoms with Gasteiger partial charge >= 0.3 is 0 Å². The fraction of sp³-hybridized carbons (Fsp3) is 0.909. The number of Topliss-reactive ketones (excluding diaryl/α,β-unsaturated/α-hetero) is 1. The Bertz CT molecular complexity index is 165. The van der Waals surface area contributed by atoms with Gasteiger partial charge in [-0.3, -0.25) is 4.79 Å². The van der Waals surface area contributed by atoms with Crippen LogP contribution in [-0.4, -0.2) is 17.0 Å². The number of rotatable bonds is 5. The van der Waals surface area contributed by atoms with Gasteiger partial charge in [0.2, 0.25) is 0 Å². The standard InChI is InChI=1S/C11H20O2/c1-2-3-4-5-11(13)9-6-7-10(12)8-9/h9,11,13H,2-8H2,1H3/t9-,11?/m0/s1. The Labute approximate surface area is 80.3 Å². The molecule has 0 spiro atoms. The minimum Gasteiger partial charge on any atom is -0.393 e. The second kappa shape index (κ2) is 5.38. The summed E-state index contributed by atoms with van der Waals surface area (Å²) in [5, 5.41) is 9.74. The van der Waals surface area contributed by atoms with Crippen molar-refractivity contribution in [1.82, 2.24) is 0 Å². The third-order valence-electron chi connectivity index (χ3n) is 2.93. The summed E-state index contributed by atoms with van der Waals surface area (Å²) >= 11 is 0. The molecule has 1 aliphatic rings. The molecular formula is C11H20O2. The molecule has 0 radical (unpaired) electrons. The number of ketones is 1. The van der Waals surface area contributed by atoms with Gasteiger partial charge < -0.3 is 5.11 Å². The molecule has 2 heteroatoms. The lowest BCUT2D eigenvalue weighted by molar-refractivity contribution is -0.117. The predicted octanol–water partition coefficient (Wildman–Crippen LogP) is 2.30. The molecule has 1 rings (SSSR count). The van der Waals surface area contributed by atoms with Crippen molar-refractivity contribution in [3.8, 4) is 0 Å². The number of carbonyl (C=O) groups is 1. The topological polar surface area (TPSA) is 37.3 Å². The fourth-order valence-electron chi connectivity index (χ4n) is 2.01. The molecule has 1 N–H and O–H groups in total. The van der Waals surface area contributed by atoms with Crippen LogP contribution in [0.25, 0.3) is 0 Å². The molecule has 0 amide bonds. The summed E-state index contributed by atoms with van der Waals surface area (Å²) in [4.78, 5) is 11.0. The fourth-order valence-corrected chi connectivity index (χ4v) is 2.01. The van der Waals surface area contributed by atoms with Crippen LogP contribution in [0.3, 0.4) is 0 Å². The first kappa shape index (κ1) is 10.7. The molecule has 76 valence electrons. The Balaban J connectivity index is 2.15. The van der Waals surface area contributed by atoms with Gasteiger partial charge in [0.05, 0.1) is 6.10 Å². The summed E-state index contributed by atoms with van der Waals surface area (Å²) in [6.07, 6.45) is 6.36. The van der Waals surface area contributed by atoms with Crippen LogP contribution < -0.4 is 0 Å². The van der Waals surface area contributed by atoms with Crippen LogP contribution in [0.4, 0.5) is 0 Å². The molecule has 2 nitrogen and oxygen atoms in total. The van der Waals surface area contributed by atoms with E-state index in [4.69, 9.17) is 0 Å². The van der Waals surface area contributed by atoms with Gasteiger partial charge in [0.15, 0.2) is 0 Å². The van der Waals surface area contributed by atoms with Crippen LogP contribution in [0.5, 0.6) is 0 Å². The number of aliphatic hydroxyl groups excluding tert-OH is 1. The Hall–Kier alpha value is -0.370. The number of unbranched alkanes of at least 4 members (excludes halogenated alkanes) is 2. The highest BCUT2D eigenvalue weighted by molar-refractivity contribution is 5.80. The molecule has 0 bridgehead atoms. The minimum absolute atomic E-state index is 0.224. The molecule has 13 heavy (non-hydrogen) atoms. The average molecular weight is 184 g/mol. The van der Waals surface area contributed by atoms with Crippen molar-refractivity contribution in [1.29, 1.82) is 0 Å². The number of hydrogen-bond donors (Lipinski definition) is 1. The first-order chi connectivity index (χ1) is 6.24. The van der Waals surface area contributed by atoms with E-state index in [1.807, 2.05) is 0 Å². The third-order valence-corrected chi connectivity index (χ3v) is 2.93. The highest BCUT2D eigenvalue weighted by atomic mass is 16.3. The third kappa shape index (κ3) is 3.47. The first-order valence-electron chi connectivity index (χ1n) is 5.43. The summed E-state index contributed by atoms with van der Waals surface area (Å²) in [7, 11) is 0. The van der Waals surface area contributed by atoms with Crippen molar-refractivity contribution in [3.05, 3.63) is 0 Å². The van der Waals surface area contributed by atoms with Gasteiger partial charge in [-0.2, -0.15) is 0 Å². The molecule has 1 fully saturated rings. The molecule has 0 aromatic heterocycles. The molecule has 2 atom stereocenters. The number of carbonyl (C=O) groups excluding carboxylic acids is 1. The van der Waals surface area contributed by atoms with Crippen LogP contribution in [0.15, 0.2) is 0 Å². The lowest BCUT2D eigenvalue weighted by atomic mass is 9.96. The van der Waals surface area contributed by atoms with Gasteiger partial charge in [-0.15, -0.1) is 0 Å². The average Bonchev–Trinajstić information content (AvgIpc) is 2.52. The molecule has 0 heterocycles. The second-order valence-corrected chi connectivity index (χ2v) is 4.10. The van der Waals surface area contributed by atoms with Crippen molar-refractivity contribution in [2.75, 3.05) is 0 Å². The van der Waals surface area contributed by atoms with Crippen molar-refractivity contribution in [2.45, 2.75) is 58.0 Å². The van der Waals surface area contributed by atoms with E-state index in [0.29, 0.717) is 18.6 Å². The van der Waals surface area contributed by atoms with E-state index in [9.17, 15) is 9.90 Å². The highest BCUT2D eigenvalue weighted by Crippen LogP contribution is 2.27. The highest BCUT2D eigenvalue weighted by Gasteiger charge is 2.27. The first-order valence-corrected chi connectivity index (χ1v) is 5.43. The molecule has 1 unspecified atom stereocenters. The molecule has 0 saturated heterocycles. The van der Waals surface area contributed by atoms with E-state index in [1.165, 1.54) is 12.8 Å². The Morgan fingerprint density at radius 2 is 2.31 bits per heavy atom. The van der Waals surface area contributed by atoms with Crippen molar-refractivity contribution in [3.63, 3.8) is 0 Å². The Morgan fingerprint density at radius 3 is 2.85 bits per heavy atom. The van der Waals surface area contributed by atoms with Gasteiger partial charge in [-0.25, -0.2) is 0 Å². The van der Waals surface area contributed by atoms with E-state index >= 15 is 0 Å². The summed E-state index contributed by atoms with van der Waals surface area (Å²) in [5.74, 6) is 0.601. The smallest absolute Gasteiger partial charge is 0.133 e. The monoisotopic (exact) mass is 184 g/mol. The SMILES string of the molecule is CCCCCC(O)[C@H]1CCC(=O)C1. The van der Waals surface area contributed by atoms with E-state index in [0.717, 1.165) is 19.3 Å². The van der Waals surface area contributed by atoms with E-state index in [1.54, 1.807) is 0 Å². The minimum atomic E-state index is -0.224. The normalized spacial score (nSPS) is 25.1. The van der Waals surface area contributed by atoms with Gasteiger partial charge in [-0.1, -0.05) is 26.2 Å². The lowest BCUT2D eigenvalue weighted by Crippen LogP contribution is -2.17. The summed E-state index contributed by atoms with van der Waals surface area (Å²) in [6.45, 7) is 2.16. The number of hydrogen-bond acceptors (Lipinski definition) is 2. The summed E-state index contributed by atoms with van der Waals surface area (Å²) in [6, 6.07) is 0. The molecule has 1 saturated carbocycles. The van der Waals surface area contributed by atoms with Crippen molar-refractivity contribution >= 4 is 5.78 Å². The zero-order valence-corrected chi connectivity index (χ0v) is 8.46. The predicted molar refractivity (Wildman–Crippen MR) is 52.5 cm³/mol. The zero-order valence-electron chi connectivity index (χ0n) is 8.46. The van der Waals surface area contributed by atoms with Gasteiger partial charge in [-0.05, 0) is 18.8 Å². The van der Waals surface area contributed by atoms with Crippen LogP contribution >= 0.6 is 0 Å².